The molecule has 2 atom stereocenters. The van der Waals surface area contributed by atoms with Gasteiger partial charge in [0.25, 0.3) is 0 Å². The second kappa shape index (κ2) is 9.87. The summed E-state index contributed by atoms with van der Waals surface area (Å²) in [7, 11) is 3.13. The number of hydrogen-bond acceptors (Lipinski definition) is 9. The minimum atomic E-state index is -1.38. The summed E-state index contributed by atoms with van der Waals surface area (Å²) in [5, 5.41) is 0.345. The van der Waals surface area contributed by atoms with Crippen LogP contribution in [0.2, 0.25) is 0 Å². The van der Waals surface area contributed by atoms with E-state index in [0.29, 0.717) is 53.2 Å². The fourth-order valence-corrected chi connectivity index (χ4v) is 5.82. The molecule has 2 bridgehead atoms. The van der Waals surface area contributed by atoms with Gasteiger partial charge < -0.3 is 28.1 Å². The van der Waals surface area contributed by atoms with Crippen molar-refractivity contribution in [3.8, 4) is 17.2 Å². The number of ether oxygens (including phenoxy) is 5. The zero-order valence-electron chi connectivity index (χ0n) is 23.7. The highest BCUT2D eigenvalue weighted by atomic mass is 16.6. The molecule has 1 saturated heterocycles. The largest absolute Gasteiger partial charge is 0.497 e. The number of aryl methyl sites for hydroxylation is 1. The van der Waals surface area contributed by atoms with Gasteiger partial charge in [0.05, 0.1) is 30.6 Å². The average Bonchev–Trinajstić information content (AvgIpc) is 3.24. The van der Waals surface area contributed by atoms with Crippen molar-refractivity contribution in [2.75, 3.05) is 14.2 Å². The zero-order chi connectivity index (χ0) is 28.9. The molecule has 0 N–H and O–H groups in total. The smallest absolute Gasteiger partial charge is 0.351 e. The molecular weight excluding hydrogens is 516 g/mol. The Balaban J connectivity index is 1.49. The predicted octanol–water partition coefficient (Wildman–Crippen LogP) is 5.12. The third-order valence-electron chi connectivity index (χ3n) is 8.92. The number of fused-ring (bicyclic) bond motifs is 3. The van der Waals surface area contributed by atoms with E-state index in [1.54, 1.807) is 32.4 Å². The normalized spacial score (nSPS) is 22.7. The van der Waals surface area contributed by atoms with Crippen molar-refractivity contribution in [3.05, 3.63) is 63.5 Å². The summed E-state index contributed by atoms with van der Waals surface area (Å²) in [6.45, 7) is 7.36. The molecule has 9 nitrogen and oxygen atoms in total. The van der Waals surface area contributed by atoms with Gasteiger partial charge >= 0.3 is 11.9 Å². The van der Waals surface area contributed by atoms with Crippen molar-refractivity contribution in [3.63, 3.8) is 0 Å². The van der Waals surface area contributed by atoms with E-state index in [0.717, 1.165) is 5.56 Å². The molecule has 9 heteroatoms. The van der Waals surface area contributed by atoms with Gasteiger partial charge in [0.1, 0.15) is 41.8 Å². The first-order chi connectivity index (χ1) is 19.0. The Morgan fingerprint density at radius 2 is 1.65 bits per heavy atom. The highest BCUT2D eigenvalue weighted by Crippen LogP contribution is 2.65. The maximum Gasteiger partial charge on any atom is 0.351 e. The topological polar surface area (TPSA) is 110 Å². The first-order valence-electron chi connectivity index (χ1n) is 13.3. The monoisotopic (exact) mass is 550 g/mol. The van der Waals surface area contributed by atoms with Crippen molar-refractivity contribution >= 4 is 22.9 Å². The average molecular weight is 551 g/mol. The van der Waals surface area contributed by atoms with E-state index < -0.39 is 22.4 Å². The lowest BCUT2D eigenvalue weighted by atomic mass is 9.66. The number of hydrogen-bond donors (Lipinski definition) is 0. The Morgan fingerprint density at radius 3 is 2.23 bits per heavy atom. The van der Waals surface area contributed by atoms with Crippen LogP contribution >= 0.6 is 0 Å². The molecule has 2 fully saturated rings. The number of carbonyl (C=O) groups is 2. The van der Waals surface area contributed by atoms with Crippen LogP contribution in [0.25, 0.3) is 11.0 Å². The lowest BCUT2D eigenvalue weighted by Gasteiger charge is -2.34. The molecule has 0 amide bonds. The maximum atomic E-state index is 13.6. The first kappa shape index (κ1) is 27.6. The van der Waals surface area contributed by atoms with Gasteiger partial charge in [-0.15, -0.1) is 0 Å². The molecule has 1 aliphatic carbocycles. The highest BCUT2D eigenvalue weighted by Gasteiger charge is 2.76. The van der Waals surface area contributed by atoms with Crippen LogP contribution in [0.1, 0.15) is 57.4 Å². The van der Waals surface area contributed by atoms with Crippen LogP contribution in [0.5, 0.6) is 17.2 Å². The molecule has 0 spiro atoms. The second-order valence-corrected chi connectivity index (χ2v) is 11.1. The van der Waals surface area contributed by atoms with Crippen LogP contribution in [0, 0.1) is 10.8 Å². The van der Waals surface area contributed by atoms with E-state index in [1.807, 2.05) is 39.8 Å². The SMILES string of the molecule is CCc1cc(=O)c2ccc(OCc3cc(OC)cc(OC)c3)c(COC(=O)[C@]34CC[C@](C)(C(=O)O3)C4(C)C)c2o1. The Kier molecular flexibility index (Phi) is 6.80. The lowest BCUT2D eigenvalue weighted by molar-refractivity contribution is -0.184. The lowest BCUT2D eigenvalue weighted by Crippen LogP contribution is -2.48. The van der Waals surface area contributed by atoms with Crippen molar-refractivity contribution in [1.29, 1.82) is 0 Å². The molecule has 2 aliphatic rings. The Labute approximate surface area is 232 Å². The molecule has 5 rings (SSSR count). The van der Waals surface area contributed by atoms with E-state index in [2.05, 4.69) is 0 Å². The molecular formula is C31H34O9. The Morgan fingerprint density at radius 1 is 0.950 bits per heavy atom. The van der Waals surface area contributed by atoms with E-state index >= 15 is 0 Å². The van der Waals surface area contributed by atoms with Gasteiger partial charge in [0, 0.05) is 24.0 Å². The van der Waals surface area contributed by atoms with Crippen molar-refractivity contribution < 1.29 is 37.7 Å². The summed E-state index contributed by atoms with van der Waals surface area (Å²) in [6.07, 6.45) is 1.42. The highest BCUT2D eigenvalue weighted by molar-refractivity contribution is 5.93. The minimum Gasteiger partial charge on any atom is -0.497 e. The number of carbonyl (C=O) groups excluding carboxylic acids is 2. The number of benzene rings is 2. The molecule has 1 saturated carbocycles. The standard InChI is InChI=1S/C31H34O9/c1-7-19-15-24(32)22-8-9-25(37-16-18-12-20(35-5)14-21(13-18)36-6)23(26(22)39-19)17-38-28(34)31-11-10-30(4,27(33)40-31)29(31,2)3/h8-9,12-15H,7,10-11,16-17H2,1-6H3/t30-,31+/m1/s1. The van der Waals surface area contributed by atoms with Crippen molar-refractivity contribution in [1.82, 2.24) is 0 Å². The van der Waals surface area contributed by atoms with Crippen molar-refractivity contribution in [2.24, 2.45) is 10.8 Å². The van der Waals surface area contributed by atoms with E-state index in [9.17, 15) is 14.4 Å². The number of methoxy groups -OCH3 is 2. The van der Waals surface area contributed by atoms with Gasteiger partial charge in [0.15, 0.2) is 5.43 Å². The van der Waals surface area contributed by atoms with Crippen LogP contribution in [0.4, 0.5) is 0 Å². The summed E-state index contributed by atoms with van der Waals surface area (Å²) < 4.78 is 34.5. The Bertz CT molecular complexity index is 1530. The van der Waals surface area contributed by atoms with Crippen molar-refractivity contribution in [2.45, 2.75) is 65.8 Å². The predicted molar refractivity (Wildman–Crippen MR) is 145 cm³/mol. The molecule has 212 valence electrons. The molecule has 1 aliphatic heterocycles. The first-order valence-corrected chi connectivity index (χ1v) is 13.3. The van der Waals surface area contributed by atoms with Gasteiger partial charge in [-0.05, 0) is 49.6 Å². The van der Waals surface area contributed by atoms with Gasteiger partial charge in [-0.1, -0.05) is 20.8 Å². The zero-order valence-corrected chi connectivity index (χ0v) is 23.7. The van der Waals surface area contributed by atoms with Crippen LogP contribution in [-0.2, 0) is 38.7 Å². The molecule has 2 aromatic carbocycles. The van der Waals surface area contributed by atoms with E-state index in [1.165, 1.54) is 6.07 Å². The maximum absolute atomic E-state index is 13.6. The summed E-state index contributed by atoms with van der Waals surface area (Å²) in [5.41, 5.74) is -1.61. The van der Waals surface area contributed by atoms with Crippen LogP contribution < -0.4 is 19.6 Å². The number of rotatable bonds is 9. The van der Waals surface area contributed by atoms with Crippen LogP contribution in [0.3, 0.4) is 0 Å². The van der Waals surface area contributed by atoms with E-state index in [4.69, 9.17) is 28.1 Å². The quantitative estimate of drug-likeness (QED) is 0.335. The van der Waals surface area contributed by atoms with Crippen LogP contribution in [0.15, 0.2) is 45.6 Å². The molecule has 0 radical (unpaired) electrons. The summed E-state index contributed by atoms with van der Waals surface area (Å²) in [5.74, 6) is 1.09. The van der Waals surface area contributed by atoms with E-state index in [-0.39, 0.29) is 30.2 Å². The Hall–Kier alpha value is -4.01. The van der Waals surface area contributed by atoms with Gasteiger partial charge in [-0.3, -0.25) is 9.59 Å². The third-order valence-corrected chi connectivity index (χ3v) is 8.92. The molecule has 40 heavy (non-hydrogen) atoms. The fraction of sp³-hybridized carbons (Fsp3) is 0.452. The van der Waals surface area contributed by atoms with Gasteiger partial charge in [-0.2, -0.15) is 0 Å². The van der Waals surface area contributed by atoms with Crippen LogP contribution in [-0.4, -0.2) is 31.8 Å². The number of esters is 2. The molecule has 3 aromatic rings. The second-order valence-electron chi connectivity index (χ2n) is 11.1. The summed E-state index contributed by atoms with van der Waals surface area (Å²) in [4.78, 5) is 39.1. The molecule has 0 unspecified atom stereocenters. The summed E-state index contributed by atoms with van der Waals surface area (Å²) >= 11 is 0. The third kappa shape index (κ3) is 4.10. The molecule has 1 aromatic heterocycles. The van der Waals surface area contributed by atoms with Gasteiger partial charge in [-0.25, -0.2) is 4.79 Å². The summed E-state index contributed by atoms with van der Waals surface area (Å²) in [6, 6.07) is 10.2. The molecule has 2 heterocycles. The fourth-order valence-electron chi connectivity index (χ4n) is 5.82. The minimum absolute atomic E-state index is 0.144. The van der Waals surface area contributed by atoms with Gasteiger partial charge in [0.2, 0.25) is 5.60 Å².